The van der Waals surface area contributed by atoms with Crippen LogP contribution in [-0.4, -0.2) is 24.8 Å². The molecule has 3 aromatic carbocycles. The maximum Gasteiger partial charge on any atom is 0.184 e. The lowest BCUT2D eigenvalue weighted by Gasteiger charge is -2.12. The number of aromatic nitrogens is 5. The molecule has 164 valence electrons. The molecule has 2 heterocycles. The number of rotatable bonds is 8. The Balaban J connectivity index is 1.66. The average Bonchev–Trinajstić information content (AvgIpc) is 3.45. The van der Waals surface area contributed by atoms with Crippen LogP contribution in [0.2, 0.25) is 0 Å². The zero-order valence-electron chi connectivity index (χ0n) is 18.8. The van der Waals surface area contributed by atoms with Gasteiger partial charge in [-0.1, -0.05) is 104 Å². The molecular formula is C28H27N5. The lowest BCUT2D eigenvalue weighted by atomic mass is 10.0. The maximum absolute atomic E-state index is 4.52. The van der Waals surface area contributed by atoms with Crippen LogP contribution in [-0.2, 0) is 19.5 Å². The Bertz CT molecular complexity index is 1300. The van der Waals surface area contributed by atoms with Crippen LogP contribution in [0, 0.1) is 0 Å². The molecule has 0 aliphatic heterocycles. The Morgan fingerprint density at radius 1 is 0.727 bits per heavy atom. The van der Waals surface area contributed by atoms with E-state index in [0.717, 1.165) is 30.8 Å². The Labute approximate surface area is 194 Å². The molecule has 0 aliphatic carbocycles. The molecule has 5 heteroatoms. The Morgan fingerprint density at radius 2 is 1.33 bits per heavy atom. The van der Waals surface area contributed by atoms with E-state index >= 15 is 0 Å². The Hall–Kier alpha value is -3.99. The highest BCUT2D eigenvalue weighted by Gasteiger charge is 2.23. The lowest BCUT2D eigenvalue weighted by Crippen LogP contribution is -2.08. The normalized spacial score (nSPS) is 11.1. The summed E-state index contributed by atoms with van der Waals surface area (Å²) in [4.78, 5) is 0. The van der Waals surface area contributed by atoms with E-state index in [1.54, 1.807) is 0 Å². The smallest absolute Gasteiger partial charge is 0.184 e. The molecule has 0 amide bonds. The van der Waals surface area contributed by atoms with Crippen molar-refractivity contribution in [2.45, 2.75) is 32.9 Å². The van der Waals surface area contributed by atoms with Gasteiger partial charge in [0.15, 0.2) is 5.82 Å². The van der Waals surface area contributed by atoms with Gasteiger partial charge in [0.1, 0.15) is 0 Å². The molecule has 0 fully saturated rings. The molecule has 2 aromatic heterocycles. The van der Waals surface area contributed by atoms with Crippen molar-refractivity contribution in [1.82, 2.24) is 24.8 Å². The zero-order chi connectivity index (χ0) is 22.5. The first-order valence-corrected chi connectivity index (χ1v) is 11.4. The maximum atomic E-state index is 4.52. The molecule has 0 radical (unpaired) electrons. The van der Waals surface area contributed by atoms with Gasteiger partial charge in [-0.25, -0.2) is 4.68 Å². The number of hydrogen-bond donors (Lipinski definition) is 0. The molecule has 0 bridgehead atoms. The van der Waals surface area contributed by atoms with Gasteiger partial charge in [0.2, 0.25) is 0 Å². The van der Waals surface area contributed by atoms with E-state index in [-0.39, 0.29) is 0 Å². The van der Waals surface area contributed by atoms with E-state index in [4.69, 9.17) is 0 Å². The largest absolute Gasteiger partial charge is 0.346 e. The second kappa shape index (κ2) is 9.65. The van der Waals surface area contributed by atoms with Gasteiger partial charge in [0.05, 0.1) is 6.54 Å². The molecule has 0 unspecified atom stereocenters. The summed E-state index contributed by atoms with van der Waals surface area (Å²) in [6, 6.07) is 31.5. The summed E-state index contributed by atoms with van der Waals surface area (Å²) < 4.78 is 4.29. The van der Waals surface area contributed by atoms with Crippen LogP contribution in [0.3, 0.4) is 0 Å². The van der Waals surface area contributed by atoms with Crippen molar-refractivity contribution in [1.29, 1.82) is 0 Å². The van der Waals surface area contributed by atoms with E-state index in [1.807, 2.05) is 22.9 Å². The van der Waals surface area contributed by atoms with Gasteiger partial charge in [0, 0.05) is 29.6 Å². The van der Waals surface area contributed by atoms with Crippen molar-refractivity contribution in [3.8, 4) is 22.5 Å². The number of nitrogens with zero attached hydrogens (tertiary/aromatic N) is 5. The van der Waals surface area contributed by atoms with E-state index in [1.165, 1.54) is 27.9 Å². The molecule has 5 nitrogen and oxygen atoms in total. The topological polar surface area (TPSA) is 48.5 Å². The predicted molar refractivity (Wildman–Crippen MR) is 132 cm³/mol. The van der Waals surface area contributed by atoms with Crippen molar-refractivity contribution >= 4 is 0 Å². The fourth-order valence-corrected chi connectivity index (χ4v) is 4.36. The van der Waals surface area contributed by atoms with Crippen molar-refractivity contribution in [3.63, 3.8) is 0 Å². The third-order valence-electron chi connectivity index (χ3n) is 5.89. The second-order valence-electron chi connectivity index (χ2n) is 8.24. The average molecular weight is 434 g/mol. The SMILES string of the molecule is CCCc1c(-c2nnnn2Cc2ccccc2)c(-c2ccccc2)cn1Cc1ccccc1. The molecule has 5 rings (SSSR count). The predicted octanol–water partition coefficient (Wildman–Crippen LogP) is 5.86. The highest BCUT2D eigenvalue weighted by Crippen LogP contribution is 2.36. The summed E-state index contributed by atoms with van der Waals surface area (Å²) in [7, 11) is 0. The summed E-state index contributed by atoms with van der Waals surface area (Å²) in [6.45, 7) is 3.67. The van der Waals surface area contributed by atoms with Gasteiger partial charge >= 0.3 is 0 Å². The van der Waals surface area contributed by atoms with Crippen molar-refractivity contribution < 1.29 is 0 Å². The van der Waals surface area contributed by atoms with Crippen LogP contribution in [0.15, 0.2) is 97.2 Å². The van der Waals surface area contributed by atoms with E-state index < -0.39 is 0 Å². The van der Waals surface area contributed by atoms with Crippen molar-refractivity contribution in [2.24, 2.45) is 0 Å². The minimum absolute atomic E-state index is 0.632. The third-order valence-corrected chi connectivity index (χ3v) is 5.89. The molecule has 5 aromatic rings. The number of benzene rings is 3. The summed E-state index contributed by atoms with van der Waals surface area (Å²) in [5, 5.41) is 13.0. The highest BCUT2D eigenvalue weighted by atomic mass is 15.5. The molecule has 0 saturated carbocycles. The van der Waals surface area contributed by atoms with E-state index in [0.29, 0.717) is 6.54 Å². The molecule has 0 N–H and O–H groups in total. The first-order valence-electron chi connectivity index (χ1n) is 11.4. The van der Waals surface area contributed by atoms with Gasteiger partial charge in [-0.05, 0) is 33.5 Å². The molecule has 0 aliphatic rings. The lowest BCUT2D eigenvalue weighted by molar-refractivity contribution is 0.652. The monoisotopic (exact) mass is 433 g/mol. The van der Waals surface area contributed by atoms with Gasteiger partial charge in [0.25, 0.3) is 0 Å². The van der Waals surface area contributed by atoms with Gasteiger partial charge in [-0.3, -0.25) is 0 Å². The Morgan fingerprint density at radius 3 is 1.97 bits per heavy atom. The zero-order valence-corrected chi connectivity index (χ0v) is 18.8. The van der Waals surface area contributed by atoms with Crippen LogP contribution in [0.25, 0.3) is 22.5 Å². The second-order valence-corrected chi connectivity index (χ2v) is 8.24. The minimum Gasteiger partial charge on any atom is -0.346 e. The molecule has 0 atom stereocenters. The summed E-state index contributed by atoms with van der Waals surface area (Å²) in [6.07, 6.45) is 4.26. The highest BCUT2D eigenvalue weighted by molar-refractivity contribution is 5.83. The quantitative estimate of drug-likeness (QED) is 0.308. The van der Waals surface area contributed by atoms with Crippen LogP contribution in [0.4, 0.5) is 0 Å². The molecule has 33 heavy (non-hydrogen) atoms. The van der Waals surface area contributed by atoms with Crippen LogP contribution in [0.5, 0.6) is 0 Å². The van der Waals surface area contributed by atoms with Gasteiger partial charge in [-0.15, -0.1) is 5.10 Å². The number of tetrazole rings is 1. The number of hydrogen-bond acceptors (Lipinski definition) is 3. The molecule has 0 spiro atoms. The molecule has 0 saturated heterocycles. The van der Waals surface area contributed by atoms with Crippen LogP contribution in [0.1, 0.15) is 30.2 Å². The van der Waals surface area contributed by atoms with E-state index in [9.17, 15) is 0 Å². The van der Waals surface area contributed by atoms with E-state index in [2.05, 4.69) is 106 Å². The standard InChI is InChI=1S/C28H27N5/c1-2-12-26-27(28-29-30-31-33(28)20-23-15-8-4-9-16-23)25(24-17-10-5-11-18-24)21-32(26)19-22-13-6-3-7-14-22/h3-11,13-18,21H,2,12,19-20H2,1H3. The van der Waals surface area contributed by atoms with Crippen LogP contribution < -0.4 is 0 Å². The fraction of sp³-hybridized carbons (Fsp3) is 0.179. The fourth-order valence-electron chi connectivity index (χ4n) is 4.36. The summed E-state index contributed by atoms with van der Waals surface area (Å²) in [5.41, 5.74) is 7.18. The van der Waals surface area contributed by atoms with Crippen molar-refractivity contribution in [2.75, 3.05) is 0 Å². The summed E-state index contributed by atoms with van der Waals surface area (Å²) in [5.74, 6) is 0.813. The van der Waals surface area contributed by atoms with Crippen LogP contribution >= 0.6 is 0 Å². The summed E-state index contributed by atoms with van der Waals surface area (Å²) >= 11 is 0. The third kappa shape index (κ3) is 4.48. The van der Waals surface area contributed by atoms with Crippen molar-refractivity contribution in [3.05, 3.63) is 114 Å². The Kier molecular flexibility index (Phi) is 6.11. The first kappa shape index (κ1) is 20.9. The minimum atomic E-state index is 0.632. The van der Waals surface area contributed by atoms with Gasteiger partial charge < -0.3 is 4.57 Å². The first-order chi connectivity index (χ1) is 16.3. The molecular weight excluding hydrogens is 406 g/mol. The van der Waals surface area contributed by atoms with Gasteiger partial charge in [-0.2, -0.15) is 0 Å².